The van der Waals surface area contributed by atoms with Crippen molar-refractivity contribution >= 4 is 22.0 Å². The lowest BCUT2D eigenvalue weighted by molar-refractivity contribution is -0.0500. The highest BCUT2D eigenvalue weighted by molar-refractivity contribution is 9.10. The van der Waals surface area contributed by atoms with Gasteiger partial charge in [-0.3, -0.25) is 0 Å². The van der Waals surface area contributed by atoms with Crippen LogP contribution in [0.15, 0.2) is 28.2 Å². The Morgan fingerprint density at radius 3 is 2.76 bits per heavy atom. The summed E-state index contributed by atoms with van der Waals surface area (Å²) < 4.78 is 29.6. The summed E-state index contributed by atoms with van der Waals surface area (Å²) in [6.07, 6.45) is 2.31. The van der Waals surface area contributed by atoms with Crippen molar-refractivity contribution in [3.05, 3.63) is 33.8 Å². The Bertz CT molecular complexity index is 399. The SMILES string of the molecule is CCC(=Cc1cc(Br)ccc1OC(F)F)CO. The summed E-state index contributed by atoms with van der Waals surface area (Å²) in [6, 6.07) is 4.76. The average molecular weight is 307 g/mol. The summed E-state index contributed by atoms with van der Waals surface area (Å²) in [4.78, 5) is 0. The summed E-state index contributed by atoms with van der Waals surface area (Å²) in [5, 5.41) is 9.06. The summed E-state index contributed by atoms with van der Waals surface area (Å²) in [5.74, 6) is 0.0996. The van der Waals surface area contributed by atoms with Gasteiger partial charge in [-0.1, -0.05) is 22.9 Å². The van der Waals surface area contributed by atoms with Gasteiger partial charge in [0.15, 0.2) is 0 Å². The molecule has 0 spiro atoms. The quantitative estimate of drug-likeness (QED) is 0.895. The van der Waals surface area contributed by atoms with Crippen LogP contribution in [0.4, 0.5) is 8.78 Å². The van der Waals surface area contributed by atoms with Crippen LogP contribution in [0, 0.1) is 0 Å². The van der Waals surface area contributed by atoms with E-state index in [9.17, 15) is 8.78 Å². The van der Waals surface area contributed by atoms with E-state index in [1.54, 1.807) is 18.2 Å². The first kappa shape index (κ1) is 14.1. The van der Waals surface area contributed by atoms with Crippen LogP contribution < -0.4 is 4.74 Å². The number of ether oxygens (including phenoxy) is 1. The van der Waals surface area contributed by atoms with E-state index in [0.29, 0.717) is 12.0 Å². The fraction of sp³-hybridized carbons (Fsp3) is 0.333. The molecule has 17 heavy (non-hydrogen) atoms. The molecule has 0 saturated carbocycles. The van der Waals surface area contributed by atoms with Crippen molar-refractivity contribution < 1.29 is 18.6 Å². The lowest BCUT2D eigenvalue weighted by Crippen LogP contribution is -2.03. The second-order valence-electron chi connectivity index (χ2n) is 3.37. The molecule has 0 unspecified atom stereocenters. The standard InChI is InChI=1S/C12H13BrF2O2/c1-2-8(7-16)5-9-6-10(13)3-4-11(9)17-12(14)15/h3-6,12,16H,2,7H2,1H3. The van der Waals surface area contributed by atoms with Gasteiger partial charge in [-0.25, -0.2) is 0 Å². The van der Waals surface area contributed by atoms with E-state index in [2.05, 4.69) is 20.7 Å². The Labute approximate surface area is 107 Å². The third-order valence-corrected chi connectivity index (χ3v) is 2.70. The highest BCUT2D eigenvalue weighted by Gasteiger charge is 2.09. The van der Waals surface area contributed by atoms with Crippen LogP contribution in [0.2, 0.25) is 0 Å². The predicted molar refractivity (Wildman–Crippen MR) is 66.1 cm³/mol. The third-order valence-electron chi connectivity index (χ3n) is 2.20. The van der Waals surface area contributed by atoms with Gasteiger partial charge in [0, 0.05) is 10.0 Å². The first-order chi connectivity index (χ1) is 8.06. The topological polar surface area (TPSA) is 29.5 Å². The molecule has 5 heteroatoms. The minimum Gasteiger partial charge on any atom is -0.434 e. The molecule has 0 amide bonds. The lowest BCUT2D eigenvalue weighted by Gasteiger charge is -2.09. The van der Waals surface area contributed by atoms with E-state index >= 15 is 0 Å². The molecule has 0 aliphatic heterocycles. The van der Waals surface area contributed by atoms with E-state index < -0.39 is 6.61 Å². The molecule has 1 rings (SSSR count). The van der Waals surface area contributed by atoms with Crippen molar-refractivity contribution in [3.8, 4) is 5.75 Å². The molecule has 0 atom stereocenters. The van der Waals surface area contributed by atoms with Crippen molar-refractivity contribution in [1.82, 2.24) is 0 Å². The molecular formula is C12H13BrF2O2. The Morgan fingerprint density at radius 1 is 1.53 bits per heavy atom. The summed E-state index contributed by atoms with van der Waals surface area (Å²) in [5.41, 5.74) is 1.27. The summed E-state index contributed by atoms with van der Waals surface area (Å²) in [7, 11) is 0. The minimum atomic E-state index is -2.86. The molecule has 0 radical (unpaired) electrons. The molecule has 0 aliphatic rings. The van der Waals surface area contributed by atoms with E-state index in [4.69, 9.17) is 5.11 Å². The molecule has 0 saturated heterocycles. The maximum Gasteiger partial charge on any atom is 0.387 e. The molecule has 1 N–H and O–H groups in total. The van der Waals surface area contributed by atoms with Crippen molar-refractivity contribution in [2.24, 2.45) is 0 Å². The number of alkyl halides is 2. The second kappa shape index (κ2) is 6.71. The number of hydrogen-bond donors (Lipinski definition) is 1. The Kier molecular flexibility index (Phi) is 5.58. The number of hydrogen-bond acceptors (Lipinski definition) is 2. The van der Waals surface area contributed by atoms with Crippen molar-refractivity contribution in [2.75, 3.05) is 6.61 Å². The van der Waals surface area contributed by atoms with Gasteiger partial charge in [0.2, 0.25) is 0 Å². The zero-order chi connectivity index (χ0) is 12.8. The number of rotatable bonds is 5. The lowest BCUT2D eigenvalue weighted by atomic mass is 10.1. The molecule has 0 fully saturated rings. The molecule has 0 bridgehead atoms. The highest BCUT2D eigenvalue weighted by Crippen LogP contribution is 2.27. The number of aliphatic hydroxyl groups excluding tert-OH is 1. The van der Waals surface area contributed by atoms with Gasteiger partial charge in [-0.05, 0) is 36.3 Å². The highest BCUT2D eigenvalue weighted by atomic mass is 79.9. The molecule has 1 aromatic carbocycles. The van der Waals surface area contributed by atoms with Crippen LogP contribution in [0.1, 0.15) is 18.9 Å². The zero-order valence-electron chi connectivity index (χ0n) is 9.29. The van der Waals surface area contributed by atoms with Crippen LogP contribution in [0.3, 0.4) is 0 Å². The van der Waals surface area contributed by atoms with Crippen molar-refractivity contribution in [2.45, 2.75) is 20.0 Å². The van der Waals surface area contributed by atoms with Crippen LogP contribution in [-0.4, -0.2) is 18.3 Å². The van der Waals surface area contributed by atoms with E-state index in [0.717, 1.165) is 10.0 Å². The van der Waals surface area contributed by atoms with Gasteiger partial charge in [-0.15, -0.1) is 0 Å². The largest absolute Gasteiger partial charge is 0.434 e. The Hall–Kier alpha value is -0.940. The number of halogens is 3. The first-order valence-corrected chi connectivity index (χ1v) is 5.90. The van der Waals surface area contributed by atoms with E-state index in [1.165, 1.54) is 6.07 Å². The number of benzene rings is 1. The Balaban J connectivity index is 3.10. The Morgan fingerprint density at radius 2 is 2.24 bits per heavy atom. The molecule has 94 valence electrons. The molecule has 2 nitrogen and oxygen atoms in total. The van der Waals surface area contributed by atoms with Crippen LogP contribution in [0.5, 0.6) is 5.75 Å². The summed E-state index contributed by atoms with van der Waals surface area (Å²) in [6.45, 7) is -1.08. The molecule has 1 aromatic rings. The van der Waals surface area contributed by atoms with Gasteiger partial charge >= 0.3 is 6.61 Å². The van der Waals surface area contributed by atoms with E-state index in [-0.39, 0.29) is 12.4 Å². The molecular weight excluding hydrogens is 294 g/mol. The van der Waals surface area contributed by atoms with Gasteiger partial charge in [0.1, 0.15) is 5.75 Å². The maximum absolute atomic E-state index is 12.2. The van der Waals surface area contributed by atoms with Crippen LogP contribution >= 0.6 is 15.9 Å². The van der Waals surface area contributed by atoms with Gasteiger partial charge in [0.25, 0.3) is 0 Å². The van der Waals surface area contributed by atoms with Gasteiger partial charge in [0.05, 0.1) is 6.61 Å². The minimum absolute atomic E-state index is 0.0996. The maximum atomic E-state index is 12.2. The average Bonchev–Trinajstić information content (AvgIpc) is 2.28. The van der Waals surface area contributed by atoms with E-state index in [1.807, 2.05) is 6.92 Å². The van der Waals surface area contributed by atoms with Crippen molar-refractivity contribution in [1.29, 1.82) is 0 Å². The van der Waals surface area contributed by atoms with Crippen LogP contribution in [0.25, 0.3) is 6.08 Å². The second-order valence-corrected chi connectivity index (χ2v) is 4.29. The number of aliphatic hydroxyl groups is 1. The monoisotopic (exact) mass is 306 g/mol. The van der Waals surface area contributed by atoms with Crippen LogP contribution in [-0.2, 0) is 0 Å². The smallest absolute Gasteiger partial charge is 0.387 e. The predicted octanol–water partition coefficient (Wildman–Crippen LogP) is 3.84. The third kappa shape index (κ3) is 4.44. The van der Waals surface area contributed by atoms with Gasteiger partial charge in [-0.2, -0.15) is 8.78 Å². The van der Waals surface area contributed by atoms with Gasteiger partial charge < -0.3 is 9.84 Å². The molecule has 0 heterocycles. The normalized spacial score (nSPS) is 12.0. The fourth-order valence-corrected chi connectivity index (χ4v) is 1.69. The van der Waals surface area contributed by atoms with Crippen molar-refractivity contribution in [3.63, 3.8) is 0 Å². The zero-order valence-corrected chi connectivity index (χ0v) is 10.9. The molecule has 0 aliphatic carbocycles. The summed E-state index contributed by atoms with van der Waals surface area (Å²) >= 11 is 3.26. The fourth-order valence-electron chi connectivity index (χ4n) is 1.31. The molecule has 0 aromatic heterocycles. The first-order valence-electron chi connectivity index (χ1n) is 5.11.